The highest BCUT2D eigenvalue weighted by molar-refractivity contribution is 5.86. The van der Waals surface area contributed by atoms with E-state index in [9.17, 15) is 9.59 Å². The van der Waals surface area contributed by atoms with Crippen LogP contribution in [0.3, 0.4) is 0 Å². The van der Waals surface area contributed by atoms with Gasteiger partial charge in [0.25, 0.3) is 0 Å². The highest BCUT2D eigenvalue weighted by Gasteiger charge is 2.31. The number of nitrogens with one attached hydrogen (secondary N) is 1. The van der Waals surface area contributed by atoms with Gasteiger partial charge >= 0.3 is 0 Å². The van der Waals surface area contributed by atoms with Gasteiger partial charge in [0.1, 0.15) is 0 Å². The fourth-order valence-electron chi connectivity index (χ4n) is 2.31. The summed E-state index contributed by atoms with van der Waals surface area (Å²) in [6.07, 6.45) is 2.80. The fourth-order valence-corrected chi connectivity index (χ4v) is 2.31. The van der Waals surface area contributed by atoms with E-state index in [1.54, 1.807) is 11.9 Å². The van der Waals surface area contributed by atoms with Gasteiger partial charge < -0.3 is 16.0 Å². The van der Waals surface area contributed by atoms with Crippen LogP contribution in [0.25, 0.3) is 0 Å². The Hall–Kier alpha value is -1.10. The van der Waals surface area contributed by atoms with Crippen LogP contribution in [-0.2, 0) is 9.59 Å². The summed E-state index contributed by atoms with van der Waals surface area (Å²) in [6, 6.07) is -0.0693. The van der Waals surface area contributed by atoms with Crippen molar-refractivity contribution in [3.63, 3.8) is 0 Å². The molecule has 18 heavy (non-hydrogen) atoms. The van der Waals surface area contributed by atoms with Crippen molar-refractivity contribution in [2.24, 2.45) is 17.6 Å². The van der Waals surface area contributed by atoms with Crippen molar-refractivity contribution in [2.75, 3.05) is 20.1 Å². The minimum atomic E-state index is -0.145. The summed E-state index contributed by atoms with van der Waals surface area (Å²) in [5.74, 6) is 0.248. The first-order valence-corrected chi connectivity index (χ1v) is 6.73. The summed E-state index contributed by atoms with van der Waals surface area (Å²) < 4.78 is 0. The molecule has 1 saturated carbocycles. The average molecular weight is 255 g/mol. The number of amides is 2. The molecule has 3 unspecified atom stereocenters. The molecule has 104 valence electrons. The summed E-state index contributed by atoms with van der Waals surface area (Å²) in [7, 11) is 1.73. The number of carbonyl (C=O) groups excluding carboxylic acids is 2. The lowest BCUT2D eigenvalue weighted by Gasteiger charge is -2.31. The van der Waals surface area contributed by atoms with E-state index in [1.165, 1.54) is 0 Å². The van der Waals surface area contributed by atoms with E-state index in [1.807, 2.05) is 6.92 Å². The molecule has 0 aromatic heterocycles. The predicted molar refractivity (Wildman–Crippen MR) is 70.8 cm³/mol. The molecule has 0 aliphatic heterocycles. The van der Waals surface area contributed by atoms with Crippen molar-refractivity contribution < 1.29 is 9.59 Å². The van der Waals surface area contributed by atoms with Crippen LogP contribution >= 0.6 is 0 Å². The van der Waals surface area contributed by atoms with Crippen molar-refractivity contribution in [1.82, 2.24) is 10.2 Å². The summed E-state index contributed by atoms with van der Waals surface area (Å²) in [4.78, 5) is 25.2. The van der Waals surface area contributed by atoms with Gasteiger partial charge in [-0.05, 0) is 32.1 Å². The first kappa shape index (κ1) is 15.0. The molecule has 3 N–H and O–H groups in total. The Balaban J connectivity index is 2.42. The number of hydrogen-bond donors (Lipinski definition) is 2. The van der Waals surface area contributed by atoms with E-state index in [0.717, 1.165) is 19.3 Å². The van der Waals surface area contributed by atoms with Crippen LogP contribution in [0.2, 0.25) is 0 Å². The van der Waals surface area contributed by atoms with E-state index in [0.29, 0.717) is 12.5 Å². The van der Waals surface area contributed by atoms with Gasteiger partial charge in [-0.2, -0.15) is 0 Å². The smallest absolute Gasteiger partial charge is 0.241 e. The van der Waals surface area contributed by atoms with Gasteiger partial charge in [0.2, 0.25) is 11.8 Å². The second kappa shape index (κ2) is 6.73. The fraction of sp³-hybridized carbons (Fsp3) is 0.846. The number of nitrogens with two attached hydrogens (primary N) is 1. The maximum atomic E-state index is 12.0. The van der Waals surface area contributed by atoms with Crippen LogP contribution in [0, 0.1) is 11.8 Å². The lowest BCUT2D eigenvalue weighted by Crippen LogP contribution is -2.47. The number of rotatable bonds is 4. The minimum Gasteiger partial charge on any atom is -0.347 e. The molecule has 0 aromatic rings. The largest absolute Gasteiger partial charge is 0.347 e. The second-order valence-corrected chi connectivity index (χ2v) is 5.31. The highest BCUT2D eigenvalue weighted by Crippen LogP contribution is 2.27. The number of carbonyl (C=O) groups is 2. The van der Waals surface area contributed by atoms with Crippen molar-refractivity contribution >= 4 is 11.8 Å². The van der Waals surface area contributed by atoms with Gasteiger partial charge in [0.05, 0.1) is 12.5 Å². The molecule has 0 saturated heterocycles. The van der Waals surface area contributed by atoms with Gasteiger partial charge in [-0.25, -0.2) is 0 Å². The Labute approximate surface area is 109 Å². The molecule has 1 rings (SSSR count). The van der Waals surface area contributed by atoms with Crippen LogP contribution in [0.1, 0.15) is 33.1 Å². The molecule has 2 amide bonds. The molecule has 0 spiro atoms. The standard InChI is InChI=1S/C13H25N3O2/c1-4-16(3)12(17)8-15-13(18)10-7-9(2)5-6-11(10)14/h9-11H,4-8,14H2,1-3H3,(H,15,18). The van der Waals surface area contributed by atoms with Crippen molar-refractivity contribution in [1.29, 1.82) is 0 Å². The SMILES string of the molecule is CCN(C)C(=O)CNC(=O)C1CC(C)CCC1N. The first-order chi connectivity index (χ1) is 8.45. The van der Waals surface area contributed by atoms with Crippen LogP contribution in [0.5, 0.6) is 0 Å². The summed E-state index contributed by atoms with van der Waals surface area (Å²) in [5, 5.41) is 2.71. The van der Waals surface area contributed by atoms with Crippen LogP contribution in [-0.4, -0.2) is 42.9 Å². The van der Waals surface area contributed by atoms with Crippen LogP contribution in [0.4, 0.5) is 0 Å². The Kier molecular flexibility index (Phi) is 5.59. The third-order valence-electron chi connectivity index (χ3n) is 3.82. The molecule has 0 heterocycles. The third-order valence-corrected chi connectivity index (χ3v) is 3.82. The van der Waals surface area contributed by atoms with Gasteiger partial charge in [0.15, 0.2) is 0 Å². The van der Waals surface area contributed by atoms with E-state index in [-0.39, 0.29) is 30.3 Å². The van der Waals surface area contributed by atoms with Gasteiger partial charge in [-0.15, -0.1) is 0 Å². The maximum absolute atomic E-state index is 12.0. The monoisotopic (exact) mass is 255 g/mol. The Bertz CT molecular complexity index is 307. The highest BCUT2D eigenvalue weighted by atomic mass is 16.2. The molecule has 0 aromatic carbocycles. The van der Waals surface area contributed by atoms with Crippen LogP contribution < -0.4 is 11.1 Å². The normalized spacial score (nSPS) is 27.7. The molecule has 1 fully saturated rings. The Morgan fingerprint density at radius 1 is 1.39 bits per heavy atom. The van der Waals surface area contributed by atoms with E-state index in [2.05, 4.69) is 12.2 Å². The van der Waals surface area contributed by atoms with Crippen molar-refractivity contribution in [3.05, 3.63) is 0 Å². The van der Waals surface area contributed by atoms with E-state index >= 15 is 0 Å². The zero-order valence-corrected chi connectivity index (χ0v) is 11.6. The molecule has 3 atom stereocenters. The molecule has 0 bridgehead atoms. The van der Waals surface area contributed by atoms with Gasteiger partial charge in [0, 0.05) is 19.6 Å². The number of nitrogens with zero attached hydrogens (tertiary/aromatic N) is 1. The average Bonchev–Trinajstić information content (AvgIpc) is 2.37. The molecular weight excluding hydrogens is 230 g/mol. The second-order valence-electron chi connectivity index (χ2n) is 5.31. The van der Waals surface area contributed by atoms with Gasteiger partial charge in [-0.3, -0.25) is 9.59 Å². The van der Waals surface area contributed by atoms with Crippen LogP contribution in [0.15, 0.2) is 0 Å². The lowest BCUT2D eigenvalue weighted by molar-refractivity contribution is -0.133. The third kappa shape index (κ3) is 3.98. The maximum Gasteiger partial charge on any atom is 0.241 e. The number of hydrogen-bond acceptors (Lipinski definition) is 3. The van der Waals surface area contributed by atoms with Crippen molar-refractivity contribution in [3.8, 4) is 0 Å². The predicted octanol–water partition coefficient (Wildman–Crippen LogP) is 0.344. The molecular formula is C13H25N3O2. The summed E-state index contributed by atoms with van der Waals surface area (Å²) >= 11 is 0. The van der Waals surface area contributed by atoms with E-state index < -0.39 is 0 Å². The first-order valence-electron chi connectivity index (χ1n) is 6.73. The minimum absolute atomic E-state index is 0.0664. The molecule has 1 aliphatic carbocycles. The topological polar surface area (TPSA) is 75.4 Å². The summed E-state index contributed by atoms with van der Waals surface area (Å²) in [6.45, 7) is 4.76. The van der Waals surface area contributed by atoms with Gasteiger partial charge in [-0.1, -0.05) is 6.92 Å². The molecule has 0 radical (unpaired) electrons. The Morgan fingerprint density at radius 3 is 2.67 bits per heavy atom. The number of likely N-dealkylation sites (N-methyl/N-ethyl adjacent to an activating group) is 1. The zero-order chi connectivity index (χ0) is 13.7. The lowest BCUT2D eigenvalue weighted by atomic mass is 9.79. The molecule has 1 aliphatic rings. The van der Waals surface area contributed by atoms with E-state index in [4.69, 9.17) is 5.73 Å². The molecule has 5 heteroatoms. The van der Waals surface area contributed by atoms with Crippen molar-refractivity contribution in [2.45, 2.75) is 39.2 Å². The molecule has 5 nitrogen and oxygen atoms in total. The summed E-state index contributed by atoms with van der Waals surface area (Å²) in [5.41, 5.74) is 5.98. The zero-order valence-electron chi connectivity index (χ0n) is 11.6. The Morgan fingerprint density at radius 2 is 2.06 bits per heavy atom. The quantitative estimate of drug-likeness (QED) is 0.761.